The highest BCUT2D eigenvalue weighted by atomic mass is 35.5. The lowest BCUT2D eigenvalue weighted by Gasteiger charge is -2.47. The molecule has 8 nitrogen and oxygen atoms in total. The van der Waals surface area contributed by atoms with Gasteiger partial charge in [0.1, 0.15) is 22.7 Å². The average Bonchev–Trinajstić information content (AvgIpc) is 3.87. The molecule has 0 bridgehead atoms. The molecule has 47 heavy (non-hydrogen) atoms. The van der Waals surface area contributed by atoms with E-state index in [0.29, 0.717) is 60.0 Å². The van der Waals surface area contributed by atoms with Gasteiger partial charge in [0, 0.05) is 65.5 Å². The summed E-state index contributed by atoms with van der Waals surface area (Å²) < 4.78 is 6.26. The van der Waals surface area contributed by atoms with E-state index in [0.717, 1.165) is 29.7 Å². The van der Waals surface area contributed by atoms with Crippen molar-refractivity contribution in [2.24, 2.45) is 10.9 Å². The Labute approximate surface area is 287 Å². The summed E-state index contributed by atoms with van der Waals surface area (Å²) in [7, 11) is 0. The predicted octanol–water partition coefficient (Wildman–Crippen LogP) is 7.65. The van der Waals surface area contributed by atoms with Gasteiger partial charge < -0.3 is 14.5 Å². The van der Waals surface area contributed by atoms with Crippen LogP contribution in [0, 0.1) is 5.92 Å². The van der Waals surface area contributed by atoms with Crippen LogP contribution in [-0.4, -0.2) is 70.2 Å². The zero-order valence-electron chi connectivity index (χ0n) is 28.0. The van der Waals surface area contributed by atoms with Crippen molar-refractivity contribution < 1.29 is 14.3 Å². The molecule has 3 heterocycles. The van der Waals surface area contributed by atoms with E-state index >= 15 is 4.79 Å². The van der Waals surface area contributed by atoms with Crippen LogP contribution in [0.3, 0.4) is 0 Å². The van der Waals surface area contributed by atoms with Gasteiger partial charge in [-0.2, -0.15) is 0 Å². The number of carbonyl (C=O) groups is 2. The summed E-state index contributed by atoms with van der Waals surface area (Å²) in [5, 5.41) is 1.21. The van der Waals surface area contributed by atoms with Gasteiger partial charge in [-0.1, -0.05) is 68.2 Å². The zero-order valence-corrected chi connectivity index (χ0v) is 29.5. The monoisotopic (exact) mass is 675 g/mol. The second-order valence-electron chi connectivity index (χ2n) is 14.0. The van der Waals surface area contributed by atoms with Crippen LogP contribution in [0.25, 0.3) is 0 Å². The maximum absolute atomic E-state index is 15.1. The Kier molecular flexibility index (Phi) is 8.81. The number of halogens is 2. The van der Waals surface area contributed by atoms with E-state index in [1.165, 1.54) is 0 Å². The molecule has 0 unspecified atom stereocenters. The van der Waals surface area contributed by atoms with Crippen LogP contribution in [0.15, 0.2) is 65.8 Å². The number of piperazine rings is 1. The number of urea groups is 1. The van der Waals surface area contributed by atoms with Crippen molar-refractivity contribution >= 4 is 41.0 Å². The maximum atomic E-state index is 15.1. The Morgan fingerprint density at radius 1 is 0.894 bits per heavy atom. The van der Waals surface area contributed by atoms with E-state index in [9.17, 15) is 4.79 Å². The molecule has 0 radical (unpaired) electrons. The average molecular weight is 677 g/mol. The molecule has 1 aliphatic carbocycles. The first-order valence-electron chi connectivity index (χ1n) is 16.4. The first-order chi connectivity index (χ1) is 22.3. The van der Waals surface area contributed by atoms with Gasteiger partial charge in [0.05, 0.1) is 12.2 Å². The molecular formula is C37H43Cl2N5O3. The molecule has 1 saturated carbocycles. The molecule has 1 saturated heterocycles. The van der Waals surface area contributed by atoms with Crippen LogP contribution in [0.5, 0.6) is 5.75 Å². The number of carbonyl (C=O) groups excluding carboxylic acids is 2. The Morgan fingerprint density at radius 3 is 1.98 bits per heavy atom. The molecule has 2 fully saturated rings. The summed E-state index contributed by atoms with van der Waals surface area (Å²) in [6, 6.07) is 17.0. The largest absolute Gasteiger partial charge is 0.493 e. The van der Waals surface area contributed by atoms with Gasteiger partial charge in [-0.25, -0.2) is 4.79 Å². The van der Waals surface area contributed by atoms with Gasteiger partial charge in [-0.15, -0.1) is 0 Å². The molecule has 2 aromatic carbocycles. The summed E-state index contributed by atoms with van der Waals surface area (Å²) in [4.78, 5) is 43.9. The molecular weight excluding hydrogens is 633 g/mol. The topological polar surface area (TPSA) is 78.3 Å². The molecule has 10 heteroatoms. The van der Waals surface area contributed by atoms with Crippen LogP contribution >= 0.6 is 23.2 Å². The molecule has 3 aliphatic rings. The number of amidine groups is 1. The smallest absolute Gasteiger partial charge is 0.326 e. The van der Waals surface area contributed by atoms with Crippen LogP contribution < -0.4 is 4.74 Å². The highest BCUT2D eigenvalue weighted by Gasteiger charge is 2.60. The van der Waals surface area contributed by atoms with Crippen molar-refractivity contribution in [2.75, 3.05) is 32.8 Å². The fourth-order valence-electron chi connectivity index (χ4n) is 6.71. The van der Waals surface area contributed by atoms with Crippen LogP contribution in [-0.2, 0) is 21.3 Å². The number of amides is 3. The molecule has 2 atom stereocenters. The van der Waals surface area contributed by atoms with Crippen molar-refractivity contribution in [3.05, 3.63) is 93.2 Å². The van der Waals surface area contributed by atoms with Gasteiger partial charge in [-0.05, 0) is 69.0 Å². The normalized spacial score (nSPS) is 23.1. The quantitative estimate of drug-likeness (QED) is 0.269. The highest BCUT2D eigenvalue weighted by molar-refractivity contribution is 6.30. The third-order valence-electron chi connectivity index (χ3n) is 9.90. The number of hydrogen-bond acceptors (Lipinski definition) is 5. The van der Waals surface area contributed by atoms with Crippen LogP contribution in [0.4, 0.5) is 4.79 Å². The molecule has 0 N–H and O–H groups in total. The van der Waals surface area contributed by atoms with E-state index in [2.05, 4.69) is 34.6 Å². The minimum atomic E-state index is -1.02. The third-order valence-corrected chi connectivity index (χ3v) is 10.4. The minimum Gasteiger partial charge on any atom is -0.493 e. The lowest BCUT2D eigenvalue weighted by atomic mass is 9.71. The van der Waals surface area contributed by atoms with Gasteiger partial charge >= 0.3 is 6.03 Å². The van der Waals surface area contributed by atoms with Crippen LogP contribution in [0.1, 0.15) is 76.8 Å². The standard InChI is InChI=1S/C37H43Cl2N5O3/c1-7-47-30-22-31(35(2,3)4)40-23-29(30)32-41-36(5,25-10-14-27(38)15-11-25)37(6,26-12-16-28(39)17-13-26)44(32)34(46)43-20-18-42(19-21-43)33(45)24-8-9-24/h10-17,22-24H,7-9,18-21H2,1-6H3/t36-,37+/m0/s1. The second kappa shape index (κ2) is 12.4. The fourth-order valence-corrected chi connectivity index (χ4v) is 6.96. The zero-order chi connectivity index (χ0) is 33.7. The number of pyridine rings is 1. The SMILES string of the molecule is CCOc1cc(C(C)(C)C)ncc1C1=N[C@@](C)(c2ccc(Cl)cc2)[C@@](C)(c2ccc(Cl)cc2)N1C(=O)N1CCN(C(=O)C2CC2)CC1. The number of nitrogens with zero attached hydrogens (tertiary/aromatic N) is 5. The molecule has 3 aromatic rings. The van der Waals surface area contributed by atoms with E-state index in [1.54, 1.807) is 6.20 Å². The predicted molar refractivity (Wildman–Crippen MR) is 186 cm³/mol. The fraction of sp³-hybridized carbons (Fsp3) is 0.459. The number of benzene rings is 2. The Balaban J connectivity index is 1.53. The molecule has 6 rings (SSSR count). The number of aromatic nitrogens is 1. The van der Waals surface area contributed by atoms with Crippen LogP contribution in [0.2, 0.25) is 10.0 Å². The first-order valence-corrected chi connectivity index (χ1v) is 17.2. The molecule has 3 amide bonds. The van der Waals surface area contributed by atoms with E-state index in [4.69, 9.17) is 37.9 Å². The van der Waals surface area contributed by atoms with E-state index in [-0.39, 0.29) is 23.3 Å². The molecule has 1 aromatic heterocycles. The van der Waals surface area contributed by atoms with Crippen molar-refractivity contribution in [1.82, 2.24) is 19.7 Å². The first kappa shape index (κ1) is 33.3. The lowest BCUT2D eigenvalue weighted by molar-refractivity contribution is -0.134. The summed E-state index contributed by atoms with van der Waals surface area (Å²) in [6.45, 7) is 14.7. The Morgan fingerprint density at radius 2 is 1.45 bits per heavy atom. The minimum absolute atomic E-state index is 0.142. The summed E-state index contributed by atoms with van der Waals surface area (Å²) in [6.07, 6.45) is 3.70. The molecule has 0 spiro atoms. The Hall–Kier alpha value is -3.62. The van der Waals surface area contributed by atoms with E-state index < -0.39 is 11.1 Å². The number of hydrogen-bond donors (Lipinski definition) is 0. The molecule has 2 aliphatic heterocycles. The second-order valence-corrected chi connectivity index (χ2v) is 14.9. The summed E-state index contributed by atoms with van der Waals surface area (Å²) in [5.74, 6) is 1.43. The maximum Gasteiger partial charge on any atom is 0.326 e. The lowest BCUT2D eigenvalue weighted by Crippen LogP contribution is -2.61. The molecule has 248 valence electrons. The van der Waals surface area contributed by atoms with E-state index in [1.807, 2.05) is 76.2 Å². The van der Waals surface area contributed by atoms with Gasteiger partial charge in [0.15, 0.2) is 0 Å². The number of ether oxygens (including phenoxy) is 1. The van der Waals surface area contributed by atoms with Gasteiger partial charge in [-0.3, -0.25) is 19.7 Å². The van der Waals surface area contributed by atoms with Crippen molar-refractivity contribution in [2.45, 2.75) is 70.9 Å². The summed E-state index contributed by atoms with van der Waals surface area (Å²) in [5.41, 5.74) is 1.06. The van der Waals surface area contributed by atoms with Gasteiger partial charge in [0.25, 0.3) is 0 Å². The third kappa shape index (κ3) is 5.99. The van der Waals surface area contributed by atoms with Crippen molar-refractivity contribution in [1.29, 1.82) is 0 Å². The van der Waals surface area contributed by atoms with Crippen molar-refractivity contribution in [3.8, 4) is 5.75 Å². The van der Waals surface area contributed by atoms with Gasteiger partial charge in [0.2, 0.25) is 5.91 Å². The Bertz CT molecular complexity index is 1690. The summed E-state index contributed by atoms with van der Waals surface area (Å²) >= 11 is 12.8. The number of rotatable bonds is 6. The highest BCUT2D eigenvalue weighted by Crippen LogP contribution is 2.54. The number of aliphatic imine (C=N–C) groups is 1. The van der Waals surface area contributed by atoms with Crippen molar-refractivity contribution in [3.63, 3.8) is 0 Å².